The van der Waals surface area contributed by atoms with Crippen LogP contribution in [-0.4, -0.2) is 10.5 Å². The van der Waals surface area contributed by atoms with Crippen molar-refractivity contribution in [1.29, 1.82) is 5.26 Å². The summed E-state index contributed by atoms with van der Waals surface area (Å²) in [6, 6.07) is 14.4. The lowest BCUT2D eigenvalue weighted by atomic mass is 10.0. The van der Waals surface area contributed by atoms with Crippen molar-refractivity contribution in [2.45, 2.75) is 13.8 Å². The van der Waals surface area contributed by atoms with E-state index in [0.29, 0.717) is 28.5 Å². The van der Waals surface area contributed by atoms with Gasteiger partial charge in [-0.05, 0) is 42.8 Å². The van der Waals surface area contributed by atoms with E-state index in [1.54, 1.807) is 44.3 Å². The summed E-state index contributed by atoms with van der Waals surface area (Å²) >= 11 is 0. The lowest BCUT2D eigenvalue weighted by Crippen LogP contribution is -2.22. The van der Waals surface area contributed by atoms with Crippen LogP contribution in [0, 0.1) is 18.3 Å². The number of furan rings is 1. The summed E-state index contributed by atoms with van der Waals surface area (Å²) in [5.74, 6) is 1.03. The van der Waals surface area contributed by atoms with Crippen molar-refractivity contribution >= 4 is 11.6 Å². The van der Waals surface area contributed by atoms with Crippen LogP contribution in [0.15, 0.2) is 51.7 Å². The number of hydrogen-bond acceptors (Lipinski definition) is 4. The van der Waals surface area contributed by atoms with E-state index in [2.05, 4.69) is 5.32 Å². The van der Waals surface area contributed by atoms with Gasteiger partial charge in [0.25, 0.3) is 5.56 Å². The van der Waals surface area contributed by atoms with E-state index in [1.165, 1.54) is 11.5 Å². The largest absolute Gasteiger partial charge is 0.461 e. The predicted molar refractivity (Wildman–Crippen MR) is 98.6 cm³/mol. The highest BCUT2D eigenvalue weighted by Crippen LogP contribution is 2.29. The molecular formula is C20H17N3O3. The Balaban J connectivity index is 2.16. The quantitative estimate of drug-likeness (QED) is 0.786. The molecule has 0 spiro atoms. The Hall–Kier alpha value is -3.59. The number of amides is 1. The van der Waals surface area contributed by atoms with Gasteiger partial charge in [0.15, 0.2) is 0 Å². The number of carbonyl (C=O) groups is 1. The van der Waals surface area contributed by atoms with Crippen LogP contribution in [0.4, 0.5) is 5.69 Å². The summed E-state index contributed by atoms with van der Waals surface area (Å²) in [6.07, 6.45) is 0. The average Bonchev–Trinajstić information content (AvgIpc) is 3.03. The Labute approximate surface area is 150 Å². The van der Waals surface area contributed by atoms with Crippen LogP contribution in [0.25, 0.3) is 22.6 Å². The molecule has 2 aromatic heterocycles. The number of pyridine rings is 1. The van der Waals surface area contributed by atoms with Crippen molar-refractivity contribution in [3.8, 4) is 28.7 Å². The fourth-order valence-corrected chi connectivity index (χ4v) is 2.78. The van der Waals surface area contributed by atoms with E-state index in [-0.39, 0.29) is 17.0 Å². The third kappa shape index (κ3) is 3.15. The molecule has 3 aromatic rings. The van der Waals surface area contributed by atoms with Crippen LogP contribution in [0.1, 0.15) is 18.2 Å². The lowest BCUT2D eigenvalue weighted by Gasteiger charge is -2.12. The number of aryl methyl sites for hydroxylation is 1. The van der Waals surface area contributed by atoms with Crippen molar-refractivity contribution in [1.82, 2.24) is 4.57 Å². The van der Waals surface area contributed by atoms with Gasteiger partial charge >= 0.3 is 0 Å². The van der Waals surface area contributed by atoms with Gasteiger partial charge in [-0.15, -0.1) is 0 Å². The monoisotopic (exact) mass is 347 g/mol. The molecule has 1 amide bonds. The molecule has 2 heterocycles. The Morgan fingerprint density at radius 2 is 1.88 bits per heavy atom. The van der Waals surface area contributed by atoms with Gasteiger partial charge in [0.1, 0.15) is 23.2 Å². The molecule has 0 aliphatic carbocycles. The molecule has 26 heavy (non-hydrogen) atoms. The smallest absolute Gasteiger partial charge is 0.269 e. The molecule has 0 saturated heterocycles. The van der Waals surface area contributed by atoms with Gasteiger partial charge < -0.3 is 14.3 Å². The first-order chi connectivity index (χ1) is 12.4. The van der Waals surface area contributed by atoms with Crippen molar-refractivity contribution in [3.63, 3.8) is 0 Å². The van der Waals surface area contributed by atoms with Crippen LogP contribution in [0.3, 0.4) is 0 Å². The summed E-state index contributed by atoms with van der Waals surface area (Å²) in [7, 11) is 1.62. The van der Waals surface area contributed by atoms with Crippen LogP contribution in [-0.2, 0) is 11.8 Å². The highest BCUT2D eigenvalue weighted by Gasteiger charge is 2.17. The standard InChI is InChI=1S/C20H17N3O3/c1-12-4-9-19(26-12)16-10-18(23(3)20(25)17(16)11-21)14-5-7-15(8-6-14)22-13(2)24/h4-10H,1-3H3,(H,22,24). The molecule has 0 radical (unpaired) electrons. The van der Waals surface area contributed by atoms with Gasteiger partial charge in [0.05, 0.1) is 5.69 Å². The molecule has 0 atom stereocenters. The molecular weight excluding hydrogens is 330 g/mol. The number of anilines is 1. The second-order valence-corrected chi connectivity index (χ2v) is 5.96. The Bertz CT molecular complexity index is 1080. The van der Waals surface area contributed by atoms with Crippen LogP contribution in [0.5, 0.6) is 0 Å². The molecule has 0 unspecified atom stereocenters. The Morgan fingerprint density at radius 3 is 2.42 bits per heavy atom. The lowest BCUT2D eigenvalue weighted by molar-refractivity contribution is -0.114. The van der Waals surface area contributed by atoms with Crippen LogP contribution in [0.2, 0.25) is 0 Å². The first kappa shape index (κ1) is 17.2. The van der Waals surface area contributed by atoms with E-state index < -0.39 is 0 Å². The highest BCUT2D eigenvalue weighted by atomic mass is 16.3. The highest BCUT2D eigenvalue weighted by molar-refractivity contribution is 5.89. The van der Waals surface area contributed by atoms with Crippen molar-refractivity contribution in [3.05, 3.63) is 64.1 Å². The molecule has 0 aliphatic heterocycles. The number of nitrogens with zero attached hydrogens (tertiary/aromatic N) is 2. The van der Waals surface area contributed by atoms with Crippen LogP contribution >= 0.6 is 0 Å². The molecule has 6 heteroatoms. The number of carbonyl (C=O) groups excluding carboxylic acids is 1. The fourth-order valence-electron chi connectivity index (χ4n) is 2.78. The molecule has 6 nitrogen and oxygen atoms in total. The van der Waals surface area contributed by atoms with E-state index in [9.17, 15) is 14.9 Å². The number of benzene rings is 1. The normalized spacial score (nSPS) is 10.4. The summed E-state index contributed by atoms with van der Waals surface area (Å²) < 4.78 is 7.05. The molecule has 1 aromatic carbocycles. The van der Waals surface area contributed by atoms with Crippen molar-refractivity contribution in [2.75, 3.05) is 5.32 Å². The predicted octanol–water partition coefficient (Wildman–Crippen LogP) is 3.45. The van der Waals surface area contributed by atoms with Gasteiger partial charge in [-0.1, -0.05) is 12.1 Å². The third-order valence-corrected chi connectivity index (χ3v) is 4.05. The summed E-state index contributed by atoms with van der Waals surface area (Å²) in [5, 5.41) is 12.1. The van der Waals surface area contributed by atoms with Gasteiger partial charge in [-0.3, -0.25) is 9.59 Å². The SMILES string of the molecule is CC(=O)Nc1ccc(-c2cc(-c3ccc(C)o3)c(C#N)c(=O)n2C)cc1. The molecule has 3 rings (SSSR count). The summed E-state index contributed by atoms with van der Waals surface area (Å²) in [4.78, 5) is 23.8. The van der Waals surface area contributed by atoms with Gasteiger partial charge in [-0.2, -0.15) is 5.26 Å². The molecule has 0 bridgehead atoms. The number of nitriles is 1. The van der Waals surface area contributed by atoms with Gasteiger partial charge in [0, 0.05) is 25.2 Å². The minimum atomic E-state index is -0.389. The fraction of sp³-hybridized carbons (Fsp3) is 0.150. The number of hydrogen-bond donors (Lipinski definition) is 1. The molecule has 0 saturated carbocycles. The zero-order chi connectivity index (χ0) is 18.8. The van der Waals surface area contributed by atoms with E-state index >= 15 is 0 Å². The number of nitrogens with one attached hydrogen (secondary N) is 1. The number of aromatic nitrogens is 1. The van der Waals surface area contributed by atoms with E-state index in [0.717, 1.165) is 5.56 Å². The van der Waals surface area contributed by atoms with E-state index in [4.69, 9.17) is 4.42 Å². The second kappa shape index (κ2) is 6.73. The maximum atomic E-state index is 12.6. The maximum Gasteiger partial charge on any atom is 0.269 e. The zero-order valence-electron chi connectivity index (χ0n) is 14.7. The van der Waals surface area contributed by atoms with Gasteiger partial charge in [0.2, 0.25) is 5.91 Å². The first-order valence-corrected chi connectivity index (χ1v) is 7.99. The van der Waals surface area contributed by atoms with E-state index in [1.807, 2.05) is 18.2 Å². The second-order valence-electron chi connectivity index (χ2n) is 5.96. The number of rotatable bonds is 3. The molecule has 1 N–H and O–H groups in total. The van der Waals surface area contributed by atoms with Gasteiger partial charge in [-0.25, -0.2) is 0 Å². The minimum Gasteiger partial charge on any atom is -0.461 e. The summed E-state index contributed by atoms with van der Waals surface area (Å²) in [6.45, 7) is 3.24. The molecule has 0 aliphatic rings. The van der Waals surface area contributed by atoms with Crippen LogP contribution < -0.4 is 10.9 Å². The third-order valence-electron chi connectivity index (χ3n) is 4.05. The Kier molecular flexibility index (Phi) is 4.46. The zero-order valence-corrected chi connectivity index (χ0v) is 14.7. The van der Waals surface area contributed by atoms with Crippen molar-refractivity contribution < 1.29 is 9.21 Å². The Morgan fingerprint density at radius 1 is 1.19 bits per heavy atom. The average molecular weight is 347 g/mol. The maximum absolute atomic E-state index is 12.6. The minimum absolute atomic E-state index is 0.0421. The topological polar surface area (TPSA) is 88.0 Å². The van der Waals surface area contributed by atoms with Crippen molar-refractivity contribution in [2.24, 2.45) is 7.05 Å². The first-order valence-electron chi connectivity index (χ1n) is 7.99. The summed E-state index contributed by atoms with van der Waals surface area (Å²) in [5.41, 5.74) is 2.21. The molecule has 130 valence electrons. The molecule has 0 fully saturated rings.